The van der Waals surface area contributed by atoms with Gasteiger partial charge in [-0.1, -0.05) is 38.5 Å². The molecule has 0 bridgehead atoms. The monoisotopic (exact) mass is 1100 g/mol. The average molecular weight is 1100 g/mol. The summed E-state index contributed by atoms with van der Waals surface area (Å²) in [5.41, 5.74) is 1.44. The summed E-state index contributed by atoms with van der Waals surface area (Å²) in [6, 6.07) is -0.691. The van der Waals surface area contributed by atoms with Gasteiger partial charge in [-0.15, -0.1) is 0 Å². The van der Waals surface area contributed by atoms with Crippen LogP contribution in [0.4, 0.5) is 0 Å². The predicted molar refractivity (Wildman–Crippen MR) is 280 cm³/mol. The predicted octanol–water partition coefficient (Wildman–Crippen LogP) is 6.21. The van der Waals surface area contributed by atoms with E-state index in [0.717, 1.165) is 11.9 Å². The number of likely N-dealkylation sites (N-methyl/N-ethyl adjacent to an activating group) is 1. The molecule has 0 unspecified atom stereocenters. The molecular weight excluding hydrogens is 1010 g/mol. The molecule has 4 rings (SSSR count). The van der Waals surface area contributed by atoms with E-state index in [1.807, 2.05) is 79.3 Å². The molecule has 0 amide bonds. The molecule has 2 fully saturated rings. The molecule has 0 aromatic carbocycles. The third kappa shape index (κ3) is 18.2. The van der Waals surface area contributed by atoms with Gasteiger partial charge in [0, 0.05) is 59.2 Å². The maximum absolute atomic E-state index is 14.6. The second-order valence-electron chi connectivity index (χ2n) is 22.0. The van der Waals surface area contributed by atoms with Crippen molar-refractivity contribution >= 4 is 44.3 Å². The Morgan fingerprint density at radius 1 is 0.750 bits per heavy atom. The number of ether oxygens (including phenoxy) is 12. The van der Waals surface area contributed by atoms with Gasteiger partial charge in [0.25, 0.3) is 0 Å². The molecule has 432 valence electrons. The molecule has 4 heterocycles. The van der Waals surface area contributed by atoms with Gasteiger partial charge in [0.15, 0.2) is 45.2 Å². The first-order chi connectivity index (χ1) is 35.6. The summed E-state index contributed by atoms with van der Waals surface area (Å²) in [5.74, 6) is -4.75. The van der Waals surface area contributed by atoms with E-state index < -0.39 is 154 Å². The largest absolute Gasteiger partial charge is 0.462 e. The maximum atomic E-state index is 14.6. The van der Waals surface area contributed by atoms with Crippen molar-refractivity contribution in [3.63, 3.8) is 0 Å². The van der Waals surface area contributed by atoms with Gasteiger partial charge in [-0.2, -0.15) is 0 Å². The molecule has 0 aromatic heterocycles. The Balaban J connectivity index is 1.76. The number of methoxy groups -OCH3 is 2. The van der Waals surface area contributed by atoms with E-state index >= 15 is 0 Å². The van der Waals surface area contributed by atoms with E-state index in [4.69, 9.17) is 61.3 Å². The fourth-order valence-corrected chi connectivity index (χ4v) is 11.9. The highest BCUT2D eigenvalue weighted by Crippen LogP contribution is 2.39. The third-order valence-corrected chi connectivity index (χ3v) is 15.3. The molecule has 76 heavy (non-hydrogen) atoms. The van der Waals surface area contributed by atoms with Gasteiger partial charge in [-0.3, -0.25) is 24.0 Å². The van der Waals surface area contributed by atoms with Crippen molar-refractivity contribution in [1.82, 2.24) is 4.90 Å². The molecule has 0 spiro atoms. The van der Waals surface area contributed by atoms with Crippen molar-refractivity contribution in [3.8, 4) is 0 Å². The molecule has 20 nitrogen and oxygen atoms in total. The lowest BCUT2D eigenvalue weighted by Crippen LogP contribution is -2.65. The smallest absolute Gasteiger partial charge is 0.308 e. The minimum atomic E-state index is -2.48. The highest BCUT2D eigenvalue weighted by Gasteiger charge is 2.53. The lowest BCUT2D eigenvalue weighted by Gasteiger charge is -2.50. The zero-order valence-electron chi connectivity index (χ0n) is 48.2. The number of esters is 4. The molecule has 4 aliphatic heterocycles. The standard InChI is InChI=1S/C55H89NO19Si/c1-19-42-40(28-65-54-53(64-15)52(63-14)50(35(8)67-54)70-37(10)59)24-29(2)20-21-41(61)30(3)25-39(22-23-57)48(32(5)43(27-44(62)72-42)75-76(16,17)18)74-55-51(71-38(11)60)46(56(12)13)49(34(7)68-55)73-45-26-31(4)47(33(6)66-45)69-36(9)58/h20-21,23-24,26,30,32-35,39-40,42-43,45-55H,19,22,25,27-28H2,1-18H3/b21-20+,29-24+/t30-,32+,33+,34-,35-,39+,40-,42-,43-,45+,46+,47-,48-,49-,50-,51-,52-,53-,54-,55+/m1/s1. The van der Waals surface area contributed by atoms with Crippen molar-refractivity contribution in [2.75, 3.05) is 34.9 Å². The van der Waals surface area contributed by atoms with Gasteiger partial charge in [0.1, 0.15) is 36.8 Å². The molecule has 0 N–H and O–H groups in total. The molecule has 4 aliphatic rings. The van der Waals surface area contributed by atoms with Crippen molar-refractivity contribution in [2.45, 2.75) is 220 Å². The van der Waals surface area contributed by atoms with Crippen LogP contribution in [0.3, 0.4) is 0 Å². The van der Waals surface area contributed by atoms with Gasteiger partial charge in [-0.05, 0) is 105 Å². The first kappa shape index (κ1) is 64.8. The molecule has 20 atom stereocenters. The van der Waals surface area contributed by atoms with Crippen LogP contribution in [0.25, 0.3) is 0 Å². The summed E-state index contributed by atoms with van der Waals surface area (Å²) in [6.07, 6.45) is -4.31. The molecule has 0 saturated carbocycles. The van der Waals surface area contributed by atoms with E-state index in [1.54, 1.807) is 32.9 Å². The number of ketones is 1. The van der Waals surface area contributed by atoms with Crippen LogP contribution in [0, 0.1) is 23.7 Å². The van der Waals surface area contributed by atoms with Crippen LogP contribution in [0.15, 0.2) is 35.5 Å². The van der Waals surface area contributed by atoms with Gasteiger partial charge in [0.05, 0.1) is 49.6 Å². The summed E-state index contributed by atoms with van der Waals surface area (Å²) in [4.78, 5) is 80.3. The molecule has 0 aromatic rings. The van der Waals surface area contributed by atoms with E-state index in [9.17, 15) is 28.8 Å². The van der Waals surface area contributed by atoms with Crippen LogP contribution < -0.4 is 0 Å². The number of carbonyl (C=O) groups excluding carboxylic acids is 6. The van der Waals surface area contributed by atoms with Crippen LogP contribution in [0.5, 0.6) is 0 Å². The Kier molecular flexibility index (Phi) is 25.1. The van der Waals surface area contributed by atoms with Crippen LogP contribution in [-0.4, -0.2) is 182 Å². The Morgan fingerprint density at radius 3 is 1.91 bits per heavy atom. The number of carbonyl (C=O) groups is 6. The number of allylic oxidation sites excluding steroid dienone is 3. The normalized spacial score (nSPS) is 38.5. The number of hydrogen-bond acceptors (Lipinski definition) is 20. The van der Waals surface area contributed by atoms with Gasteiger partial charge < -0.3 is 71.0 Å². The summed E-state index contributed by atoms with van der Waals surface area (Å²) in [7, 11) is 4.12. The average Bonchev–Trinajstić information content (AvgIpc) is 3.31. The van der Waals surface area contributed by atoms with Crippen LogP contribution in [0.1, 0.15) is 102 Å². The van der Waals surface area contributed by atoms with Gasteiger partial charge in [0.2, 0.25) is 0 Å². The van der Waals surface area contributed by atoms with Crippen LogP contribution in [-0.2, 0) is 90.0 Å². The second kappa shape index (κ2) is 29.5. The Morgan fingerprint density at radius 2 is 1.36 bits per heavy atom. The number of aldehydes is 1. The highest BCUT2D eigenvalue weighted by atomic mass is 28.4. The van der Waals surface area contributed by atoms with E-state index in [2.05, 4.69) is 0 Å². The Hall–Kier alpha value is -3.74. The lowest BCUT2D eigenvalue weighted by atomic mass is 9.79. The molecular formula is C55H89NO19Si. The topological polar surface area (TPSA) is 226 Å². The first-order valence-corrected chi connectivity index (χ1v) is 30.1. The zero-order valence-corrected chi connectivity index (χ0v) is 49.2. The van der Waals surface area contributed by atoms with E-state index in [-0.39, 0.29) is 31.7 Å². The van der Waals surface area contributed by atoms with Gasteiger partial charge in [-0.25, -0.2) is 0 Å². The number of rotatable bonds is 18. The lowest BCUT2D eigenvalue weighted by molar-refractivity contribution is -0.325. The highest BCUT2D eigenvalue weighted by molar-refractivity contribution is 6.69. The Bertz CT molecular complexity index is 2040. The second-order valence-corrected chi connectivity index (χ2v) is 26.4. The summed E-state index contributed by atoms with van der Waals surface area (Å²) < 4.78 is 81.4. The molecule has 0 aliphatic carbocycles. The minimum Gasteiger partial charge on any atom is -0.462 e. The van der Waals surface area contributed by atoms with Crippen molar-refractivity contribution in [3.05, 3.63) is 35.5 Å². The number of hydrogen-bond donors (Lipinski definition) is 0. The zero-order chi connectivity index (χ0) is 56.9. The van der Waals surface area contributed by atoms with Gasteiger partial charge >= 0.3 is 23.9 Å². The Labute approximate surface area is 451 Å². The first-order valence-electron chi connectivity index (χ1n) is 26.6. The third-order valence-electron chi connectivity index (χ3n) is 14.3. The summed E-state index contributed by atoms with van der Waals surface area (Å²) >= 11 is 0. The summed E-state index contributed by atoms with van der Waals surface area (Å²) in [5, 5.41) is 0. The quantitative estimate of drug-likeness (QED) is 0.0489. The van der Waals surface area contributed by atoms with E-state index in [1.165, 1.54) is 41.1 Å². The fourth-order valence-electron chi connectivity index (χ4n) is 10.7. The van der Waals surface area contributed by atoms with Crippen LogP contribution >= 0.6 is 0 Å². The number of nitrogens with zero attached hydrogens (tertiary/aromatic N) is 1. The fraction of sp³-hybridized carbons (Fsp3) is 0.782. The van der Waals surface area contributed by atoms with Crippen molar-refractivity contribution < 1.29 is 90.0 Å². The van der Waals surface area contributed by atoms with Crippen molar-refractivity contribution in [2.24, 2.45) is 23.7 Å². The number of cyclic esters (lactones) is 1. The minimum absolute atomic E-state index is 0.00933. The molecule has 21 heteroatoms. The summed E-state index contributed by atoms with van der Waals surface area (Å²) in [6.45, 7) is 24.5. The SMILES string of the molecule is CC[C@H]1OC(=O)C[C@@H](O[Si](C)(C)C)[C@H](C)[C@@H](O[C@@H]2O[C@H](C)[C@@H](O[C@H]3C=C(C)[C@@H](OC(C)=O)[C@H](C)O3)[C@H](N(C)C)[C@H]2OC(C)=O)[C@@H](CC=O)C[C@@H](C)C(=O)/C=C/C(C)=C/[C@@H]1CO[C@@H]1O[C@H](C)[C@@H](OC(C)=O)[C@@H](OC)[C@H]1OC. The van der Waals surface area contributed by atoms with Crippen molar-refractivity contribution in [1.29, 1.82) is 0 Å². The van der Waals surface area contributed by atoms with E-state index in [0.29, 0.717) is 12.0 Å². The molecule has 2 saturated heterocycles. The molecule has 0 radical (unpaired) electrons. The maximum Gasteiger partial charge on any atom is 0.308 e. The van der Waals surface area contributed by atoms with Crippen LogP contribution in [0.2, 0.25) is 19.6 Å².